The second-order valence-corrected chi connectivity index (χ2v) is 12.0. The molecule has 4 heterocycles. The van der Waals surface area contributed by atoms with Gasteiger partial charge in [-0.3, -0.25) is 14.0 Å². The van der Waals surface area contributed by atoms with Crippen LogP contribution in [0.15, 0.2) is 71.9 Å². The SMILES string of the molecule is CC(=O)O[C@@H]1C[C@H](c2nc(-c3ccc(O)cc3)c3cnc4c(ccn4S(=O)(=O)c4ccc(C)cc4)n23)N(C(C)=O)C1. The number of ether oxygens (including phenoxy) is 1. The van der Waals surface area contributed by atoms with Gasteiger partial charge >= 0.3 is 5.97 Å². The summed E-state index contributed by atoms with van der Waals surface area (Å²) in [6, 6.07) is 14.2. The Balaban J connectivity index is 1.59. The summed E-state index contributed by atoms with van der Waals surface area (Å²) < 4.78 is 35.6. The summed E-state index contributed by atoms with van der Waals surface area (Å²) >= 11 is 0. The van der Waals surface area contributed by atoms with Crippen LogP contribution in [0.2, 0.25) is 0 Å². The van der Waals surface area contributed by atoms with Gasteiger partial charge < -0.3 is 14.7 Å². The molecule has 1 aliphatic heterocycles. The summed E-state index contributed by atoms with van der Waals surface area (Å²) in [6.07, 6.45) is 2.81. The number of likely N-dealkylation sites (tertiary alicyclic amines) is 1. The Hall–Kier alpha value is -4.71. The van der Waals surface area contributed by atoms with Crippen LogP contribution in [0, 0.1) is 6.92 Å². The van der Waals surface area contributed by atoms with E-state index in [1.165, 1.54) is 20.0 Å². The first-order valence-corrected chi connectivity index (χ1v) is 14.4. The van der Waals surface area contributed by atoms with Gasteiger partial charge in [-0.2, -0.15) is 0 Å². The lowest BCUT2D eigenvalue weighted by Gasteiger charge is -2.22. The Labute approximate surface area is 235 Å². The molecule has 0 radical (unpaired) electrons. The first-order valence-electron chi connectivity index (χ1n) is 13.0. The van der Waals surface area contributed by atoms with Crippen LogP contribution in [-0.2, 0) is 24.3 Å². The number of aromatic hydroxyl groups is 1. The van der Waals surface area contributed by atoms with E-state index < -0.39 is 28.1 Å². The van der Waals surface area contributed by atoms with Crippen molar-refractivity contribution in [1.82, 2.24) is 23.2 Å². The highest BCUT2D eigenvalue weighted by atomic mass is 32.2. The van der Waals surface area contributed by atoms with Crippen molar-refractivity contribution < 1.29 is 27.9 Å². The molecule has 1 amide bonds. The number of aromatic nitrogens is 4. The van der Waals surface area contributed by atoms with Crippen LogP contribution < -0.4 is 0 Å². The molecule has 0 aliphatic carbocycles. The molecule has 2 aromatic carbocycles. The quantitative estimate of drug-likeness (QED) is 0.314. The second kappa shape index (κ2) is 9.73. The number of phenolic OH excluding ortho intramolecular Hbond substituents is 1. The van der Waals surface area contributed by atoms with E-state index in [2.05, 4.69) is 4.98 Å². The highest BCUT2D eigenvalue weighted by molar-refractivity contribution is 7.90. The van der Waals surface area contributed by atoms with Crippen LogP contribution in [0.3, 0.4) is 0 Å². The van der Waals surface area contributed by atoms with Gasteiger partial charge in [0.2, 0.25) is 5.91 Å². The lowest BCUT2D eigenvalue weighted by atomic mass is 10.1. The lowest BCUT2D eigenvalue weighted by molar-refractivity contribution is -0.146. The van der Waals surface area contributed by atoms with Crippen LogP contribution >= 0.6 is 0 Å². The average molecular weight is 574 g/mol. The number of nitrogens with zero attached hydrogens (tertiary/aromatic N) is 5. The third-order valence-electron chi connectivity index (χ3n) is 7.31. The van der Waals surface area contributed by atoms with Crippen molar-refractivity contribution >= 4 is 38.6 Å². The van der Waals surface area contributed by atoms with E-state index in [1.54, 1.807) is 65.7 Å². The Bertz CT molecular complexity index is 1930. The average Bonchev–Trinajstić information content (AvgIpc) is 3.64. The van der Waals surface area contributed by atoms with Gasteiger partial charge in [-0.05, 0) is 49.4 Å². The molecule has 1 saturated heterocycles. The van der Waals surface area contributed by atoms with E-state index in [-0.39, 0.29) is 28.7 Å². The summed E-state index contributed by atoms with van der Waals surface area (Å²) in [7, 11) is -3.97. The molecule has 12 heteroatoms. The number of rotatable bonds is 5. The number of fused-ring (bicyclic) bond motifs is 3. The van der Waals surface area contributed by atoms with Crippen LogP contribution in [0.5, 0.6) is 5.75 Å². The van der Waals surface area contributed by atoms with Crippen molar-refractivity contribution in [2.24, 2.45) is 0 Å². The Kier molecular flexibility index (Phi) is 6.29. The zero-order valence-corrected chi connectivity index (χ0v) is 23.4. The molecule has 0 bridgehead atoms. The third kappa shape index (κ3) is 4.49. The van der Waals surface area contributed by atoms with E-state index in [0.29, 0.717) is 34.5 Å². The number of esters is 1. The van der Waals surface area contributed by atoms with Gasteiger partial charge in [0.25, 0.3) is 10.0 Å². The molecule has 1 aliphatic rings. The van der Waals surface area contributed by atoms with Gasteiger partial charge in [0.15, 0.2) is 5.65 Å². The zero-order chi connectivity index (χ0) is 29.1. The molecular weight excluding hydrogens is 546 g/mol. The minimum absolute atomic E-state index is 0.0964. The van der Waals surface area contributed by atoms with Gasteiger partial charge in [-0.25, -0.2) is 22.4 Å². The molecule has 0 saturated carbocycles. The number of phenols is 1. The molecule has 210 valence electrons. The maximum absolute atomic E-state index is 13.6. The summed E-state index contributed by atoms with van der Waals surface area (Å²) in [5.74, 6) is -0.0794. The standard InChI is InChI=1S/C29H27N5O6S/c1-17-4-10-23(11-5-17)41(38,39)33-13-12-24-28(33)30-15-26-27(20-6-8-21(37)9-7-20)31-29(34(24)26)25-14-22(40-19(3)36)16-32(25)18(2)35/h4-13,15,22,25,37H,14,16H2,1-3H3/t22-,25-/m1/s1. The van der Waals surface area contributed by atoms with Crippen LogP contribution in [-0.4, -0.2) is 61.3 Å². The third-order valence-corrected chi connectivity index (χ3v) is 8.99. The van der Waals surface area contributed by atoms with Gasteiger partial charge in [-0.15, -0.1) is 0 Å². The first-order chi connectivity index (χ1) is 19.5. The fourth-order valence-corrected chi connectivity index (χ4v) is 6.72. The molecule has 41 heavy (non-hydrogen) atoms. The maximum Gasteiger partial charge on any atom is 0.302 e. The minimum Gasteiger partial charge on any atom is -0.508 e. The molecule has 2 atom stereocenters. The van der Waals surface area contributed by atoms with Crippen LogP contribution in [0.25, 0.3) is 27.9 Å². The van der Waals surface area contributed by atoms with Crippen molar-refractivity contribution in [2.75, 3.05) is 6.54 Å². The fourth-order valence-electron chi connectivity index (χ4n) is 5.42. The number of carbonyl (C=O) groups is 2. The number of benzene rings is 2. The summed E-state index contributed by atoms with van der Waals surface area (Å²) in [6.45, 7) is 4.86. The molecular formula is C29H27N5O6S. The second-order valence-electron chi connectivity index (χ2n) is 10.1. The molecule has 1 N–H and O–H groups in total. The van der Waals surface area contributed by atoms with Crippen molar-refractivity contribution in [3.63, 3.8) is 0 Å². The number of carbonyl (C=O) groups excluding carboxylic acids is 2. The molecule has 0 spiro atoms. The highest BCUT2D eigenvalue weighted by Crippen LogP contribution is 2.38. The molecule has 3 aromatic heterocycles. The Morgan fingerprint density at radius 3 is 2.37 bits per heavy atom. The van der Waals surface area contributed by atoms with Gasteiger partial charge in [0, 0.05) is 32.0 Å². The van der Waals surface area contributed by atoms with Crippen molar-refractivity contribution in [3.05, 3.63) is 78.4 Å². The molecule has 6 rings (SSSR count). The smallest absolute Gasteiger partial charge is 0.302 e. The molecule has 5 aromatic rings. The predicted octanol–water partition coefficient (Wildman–Crippen LogP) is 3.83. The Morgan fingerprint density at radius 1 is 1.00 bits per heavy atom. The lowest BCUT2D eigenvalue weighted by Crippen LogP contribution is -2.31. The monoisotopic (exact) mass is 573 g/mol. The molecule has 11 nitrogen and oxygen atoms in total. The van der Waals surface area contributed by atoms with E-state index in [4.69, 9.17) is 9.72 Å². The summed E-state index contributed by atoms with van der Waals surface area (Å²) in [5, 5.41) is 9.84. The molecule has 1 fully saturated rings. The number of imidazole rings is 1. The van der Waals surface area contributed by atoms with Gasteiger partial charge in [0.05, 0.1) is 40.4 Å². The number of aryl methyl sites for hydroxylation is 1. The molecule has 0 unspecified atom stereocenters. The normalized spacial score (nSPS) is 17.4. The topological polar surface area (TPSA) is 136 Å². The fraction of sp³-hybridized carbons (Fsp3) is 0.241. The van der Waals surface area contributed by atoms with Crippen molar-refractivity contribution in [3.8, 4) is 17.0 Å². The largest absolute Gasteiger partial charge is 0.508 e. The van der Waals surface area contributed by atoms with Gasteiger partial charge in [0.1, 0.15) is 17.7 Å². The van der Waals surface area contributed by atoms with E-state index >= 15 is 0 Å². The minimum atomic E-state index is -3.97. The number of hydrogen-bond donors (Lipinski definition) is 1. The summed E-state index contributed by atoms with van der Waals surface area (Å²) in [5.41, 5.74) is 3.43. The first kappa shape index (κ1) is 26.5. The van der Waals surface area contributed by atoms with Crippen molar-refractivity contribution in [1.29, 1.82) is 0 Å². The summed E-state index contributed by atoms with van der Waals surface area (Å²) in [4.78, 5) is 35.7. The van der Waals surface area contributed by atoms with E-state index in [9.17, 15) is 23.1 Å². The maximum atomic E-state index is 13.6. The van der Waals surface area contributed by atoms with Crippen LogP contribution in [0.1, 0.15) is 37.7 Å². The predicted molar refractivity (Wildman–Crippen MR) is 150 cm³/mol. The van der Waals surface area contributed by atoms with E-state index in [0.717, 1.165) is 9.54 Å². The number of hydrogen-bond acceptors (Lipinski definition) is 8. The highest BCUT2D eigenvalue weighted by Gasteiger charge is 2.40. The van der Waals surface area contributed by atoms with E-state index in [1.807, 2.05) is 11.3 Å². The van der Waals surface area contributed by atoms with Gasteiger partial charge in [-0.1, -0.05) is 17.7 Å². The van der Waals surface area contributed by atoms with Crippen LogP contribution in [0.4, 0.5) is 0 Å². The Morgan fingerprint density at radius 2 is 1.71 bits per heavy atom. The van der Waals surface area contributed by atoms with Crippen molar-refractivity contribution in [2.45, 2.75) is 44.2 Å². The number of amides is 1. The zero-order valence-electron chi connectivity index (χ0n) is 22.6.